The highest BCUT2D eigenvalue weighted by Gasteiger charge is 2.18. The molecule has 1 aromatic carbocycles. The SMILES string of the molecule is COC(=O)c1cc(N)cc(Cl)c1Oc1cccnc1. The number of aromatic nitrogens is 1. The van der Waals surface area contributed by atoms with Gasteiger partial charge in [-0.15, -0.1) is 0 Å². The number of nitrogens with two attached hydrogens (primary N) is 1. The van der Waals surface area contributed by atoms with E-state index in [0.29, 0.717) is 11.4 Å². The quantitative estimate of drug-likeness (QED) is 0.690. The van der Waals surface area contributed by atoms with Gasteiger partial charge in [0.25, 0.3) is 0 Å². The van der Waals surface area contributed by atoms with Crippen LogP contribution >= 0.6 is 11.6 Å². The summed E-state index contributed by atoms with van der Waals surface area (Å²) in [5.41, 5.74) is 6.17. The Morgan fingerprint density at radius 1 is 1.42 bits per heavy atom. The molecule has 1 heterocycles. The number of pyridine rings is 1. The van der Waals surface area contributed by atoms with Crippen LogP contribution in [0.4, 0.5) is 5.69 Å². The summed E-state index contributed by atoms with van der Waals surface area (Å²) in [4.78, 5) is 15.6. The molecule has 19 heavy (non-hydrogen) atoms. The third-order valence-electron chi connectivity index (χ3n) is 2.33. The van der Waals surface area contributed by atoms with E-state index >= 15 is 0 Å². The fourth-order valence-corrected chi connectivity index (χ4v) is 1.77. The minimum Gasteiger partial charge on any atom is -0.465 e. The van der Waals surface area contributed by atoms with Gasteiger partial charge in [0, 0.05) is 11.9 Å². The molecule has 2 N–H and O–H groups in total. The van der Waals surface area contributed by atoms with Crippen molar-refractivity contribution in [3.8, 4) is 11.5 Å². The molecule has 0 bridgehead atoms. The summed E-state index contributed by atoms with van der Waals surface area (Å²) in [6.07, 6.45) is 3.12. The fourth-order valence-electron chi connectivity index (χ4n) is 1.51. The van der Waals surface area contributed by atoms with E-state index in [1.54, 1.807) is 18.3 Å². The average molecular weight is 279 g/mol. The highest BCUT2D eigenvalue weighted by molar-refractivity contribution is 6.33. The third kappa shape index (κ3) is 2.95. The van der Waals surface area contributed by atoms with Crippen molar-refractivity contribution in [1.29, 1.82) is 0 Å². The van der Waals surface area contributed by atoms with Crippen molar-refractivity contribution >= 4 is 23.3 Å². The van der Waals surface area contributed by atoms with Gasteiger partial charge >= 0.3 is 5.97 Å². The van der Waals surface area contributed by atoms with E-state index < -0.39 is 5.97 Å². The number of hydrogen-bond donors (Lipinski definition) is 1. The second-order valence-corrected chi connectivity index (χ2v) is 4.07. The van der Waals surface area contributed by atoms with Crippen molar-refractivity contribution in [3.05, 3.63) is 47.2 Å². The van der Waals surface area contributed by atoms with Gasteiger partial charge in [-0.25, -0.2) is 4.79 Å². The number of anilines is 1. The number of carbonyl (C=O) groups excluding carboxylic acids is 1. The van der Waals surface area contributed by atoms with Gasteiger partial charge in [0.15, 0.2) is 5.75 Å². The minimum atomic E-state index is -0.576. The van der Waals surface area contributed by atoms with Crippen LogP contribution in [0.3, 0.4) is 0 Å². The van der Waals surface area contributed by atoms with Crippen molar-refractivity contribution < 1.29 is 14.3 Å². The van der Waals surface area contributed by atoms with Gasteiger partial charge in [0.1, 0.15) is 11.3 Å². The van der Waals surface area contributed by atoms with Gasteiger partial charge in [-0.1, -0.05) is 11.6 Å². The molecule has 2 rings (SSSR count). The number of ether oxygens (including phenoxy) is 2. The summed E-state index contributed by atoms with van der Waals surface area (Å²) in [7, 11) is 1.27. The molecule has 0 aliphatic rings. The molecule has 0 fully saturated rings. The van der Waals surface area contributed by atoms with E-state index in [4.69, 9.17) is 22.1 Å². The molecule has 98 valence electrons. The Morgan fingerprint density at radius 2 is 2.21 bits per heavy atom. The maximum atomic E-state index is 11.7. The van der Waals surface area contributed by atoms with Crippen LogP contribution in [0.25, 0.3) is 0 Å². The molecule has 0 radical (unpaired) electrons. The second kappa shape index (κ2) is 5.58. The predicted octanol–water partition coefficient (Wildman–Crippen LogP) is 2.90. The Kier molecular flexibility index (Phi) is 3.87. The smallest absolute Gasteiger partial charge is 0.341 e. The average Bonchev–Trinajstić information content (AvgIpc) is 2.42. The first-order valence-electron chi connectivity index (χ1n) is 5.37. The lowest BCUT2D eigenvalue weighted by atomic mass is 10.2. The van der Waals surface area contributed by atoms with E-state index in [1.165, 1.54) is 25.4 Å². The topological polar surface area (TPSA) is 74.4 Å². The van der Waals surface area contributed by atoms with E-state index in [9.17, 15) is 4.79 Å². The van der Waals surface area contributed by atoms with Crippen LogP contribution in [0.1, 0.15) is 10.4 Å². The molecule has 0 unspecified atom stereocenters. The Balaban J connectivity index is 2.46. The Morgan fingerprint density at radius 3 is 2.84 bits per heavy atom. The van der Waals surface area contributed by atoms with E-state index in [-0.39, 0.29) is 16.3 Å². The number of esters is 1. The summed E-state index contributed by atoms with van der Waals surface area (Å²) in [6.45, 7) is 0. The Labute approximate surface area is 114 Å². The molecule has 0 aliphatic carbocycles. The van der Waals surface area contributed by atoms with Gasteiger partial charge in [-0.2, -0.15) is 0 Å². The molecule has 0 atom stereocenters. The lowest BCUT2D eigenvalue weighted by Crippen LogP contribution is -2.05. The number of nitrogen functional groups attached to an aromatic ring is 1. The van der Waals surface area contributed by atoms with Gasteiger partial charge in [-0.3, -0.25) is 4.98 Å². The van der Waals surface area contributed by atoms with Crippen LogP contribution in [0.5, 0.6) is 11.5 Å². The van der Waals surface area contributed by atoms with Gasteiger partial charge in [0.05, 0.1) is 18.3 Å². The highest BCUT2D eigenvalue weighted by atomic mass is 35.5. The van der Waals surface area contributed by atoms with Gasteiger partial charge in [0.2, 0.25) is 0 Å². The van der Waals surface area contributed by atoms with Crippen molar-refractivity contribution in [2.45, 2.75) is 0 Å². The predicted molar refractivity (Wildman–Crippen MR) is 71.5 cm³/mol. The lowest BCUT2D eigenvalue weighted by molar-refractivity contribution is 0.0598. The Hall–Kier alpha value is -2.27. The zero-order valence-electron chi connectivity index (χ0n) is 10.1. The summed E-state index contributed by atoms with van der Waals surface area (Å²) in [5.74, 6) is 0.0723. The number of nitrogens with zero attached hydrogens (tertiary/aromatic N) is 1. The molecule has 0 spiro atoms. The van der Waals surface area contributed by atoms with Crippen molar-refractivity contribution in [2.75, 3.05) is 12.8 Å². The Bertz CT molecular complexity index is 602. The molecule has 1 aromatic heterocycles. The molecule has 0 saturated carbocycles. The summed E-state index contributed by atoms with van der Waals surface area (Å²) in [5, 5.41) is 0.226. The van der Waals surface area contributed by atoms with E-state index in [2.05, 4.69) is 9.72 Å². The van der Waals surface area contributed by atoms with Crippen LogP contribution in [-0.2, 0) is 4.74 Å². The number of methoxy groups -OCH3 is 1. The summed E-state index contributed by atoms with van der Waals surface area (Å²) < 4.78 is 10.2. The summed E-state index contributed by atoms with van der Waals surface area (Å²) >= 11 is 6.05. The highest BCUT2D eigenvalue weighted by Crippen LogP contribution is 2.35. The standard InChI is InChI=1S/C13H11ClN2O3/c1-18-13(17)10-5-8(15)6-11(14)12(10)19-9-3-2-4-16-7-9/h2-7H,15H2,1H3. The van der Waals surface area contributed by atoms with E-state index in [1.807, 2.05) is 0 Å². The number of halogens is 1. The third-order valence-corrected chi connectivity index (χ3v) is 2.61. The number of rotatable bonds is 3. The fraction of sp³-hybridized carbons (Fsp3) is 0.0769. The minimum absolute atomic E-state index is 0.163. The van der Waals surface area contributed by atoms with Crippen molar-refractivity contribution in [3.63, 3.8) is 0 Å². The molecule has 0 saturated heterocycles. The number of carbonyl (C=O) groups is 1. The van der Waals surface area contributed by atoms with Crippen LogP contribution in [-0.4, -0.2) is 18.1 Å². The molecule has 0 amide bonds. The lowest BCUT2D eigenvalue weighted by Gasteiger charge is -2.12. The van der Waals surface area contributed by atoms with Crippen LogP contribution in [0.2, 0.25) is 5.02 Å². The molecular formula is C13H11ClN2O3. The largest absolute Gasteiger partial charge is 0.465 e. The number of benzene rings is 1. The number of hydrogen-bond acceptors (Lipinski definition) is 5. The molecule has 2 aromatic rings. The molecule has 6 heteroatoms. The molecule has 5 nitrogen and oxygen atoms in total. The maximum Gasteiger partial charge on any atom is 0.341 e. The molecule has 0 aliphatic heterocycles. The van der Waals surface area contributed by atoms with Crippen LogP contribution in [0.15, 0.2) is 36.7 Å². The first-order chi connectivity index (χ1) is 9.11. The van der Waals surface area contributed by atoms with E-state index in [0.717, 1.165) is 0 Å². The summed E-state index contributed by atoms with van der Waals surface area (Å²) in [6, 6.07) is 6.35. The van der Waals surface area contributed by atoms with Gasteiger partial charge in [-0.05, 0) is 24.3 Å². The monoisotopic (exact) mass is 278 g/mol. The van der Waals surface area contributed by atoms with Gasteiger partial charge < -0.3 is 15.2 Å². The zero-order valence-corrected chi connectivity index (χ0v) is 10.8. The first kappa shape index (κ1) is 13.2. The normalized spacial score (nSPS) is 10.0. The maximum absolute atomic E-state index is 11.7. The van der Waals surface area contributed by atoms with Crippen molar-refractivity contribution in [2.24, 2.45) is 0 Å². The second-order valence-electron chi connectivity index (χ2n) is 3.66. The first-order valence-corrected chi connectivity index (χ1v) is 5.75. The van der Waals surface area contributed by atoms with Crippen molar-refractivity contribution in [1.82, 2.24) is 4.98 Å². The van der Waals surface area contributed by atoms with Crippen LogP contribution in [0, 0.1) is 0 Å². The van der Waals surface area contributed by atoms with Crippen LogP contribution < -0.4 is 10.5 Å². The zero-order chi connectivity index (χ0) is 13.8. The molecular weight excluding hydrogens is 268 g/mol.